The van der Waals surface area contributed by atoms with Gasteiger partial charge >= 0.3 is 0 Å². The SMILES string of the molecule is CCOc1ccc(OCC(=O)NC(CN)C2CCCCC2)cc1.Cl. The molecule has 5 nitrogen and oxygen atoms in total. The molecule has 1 atom stereocenters. The lowest BCUT2D eigenvalue weighted by Crippen LogP contribution is -2.47. The van der Waals surface area contributed by atoms with Gasteiger partial charge in [0.1, 0.15) is 11.5 Å². The first-order valence-corrected chi connectivity index (χ1v) is 8.58. The molecule has 136 valence electrons. The van der Waals surface area contributed by atoms with Crippen molar-refractivity contribution in [1.29, 1.82) is 0 Å². The average molecular weight is 357 g/mol. The third-order valence-corrected chi connectivity index (χ3v) is 4.32. The standard InChI is InChI=1S/C18H28N2O3.ClH/c1-2-22-15-8-10-16(11-9-15)23-13-18(21)20-17(12-19)14-6-4-3-5-7-14;/h8-11,14,17H,2-7,12-13,19H2,1H3,(H,20,21);1H. The van der Waals surface area contributed by atoms with Crippen LogP contribution in [0.5, 0.6) is 11.5 Å². The van der Waals surface area contributed by atoms with Crippen LogP contribution in [0.25, 0.3) is 0 Å². The van der Waals surface area contributed by atoms with Crippen molar-refractivity contribution in [2.75, 3.05) is 19.8 Å². The van der Waals surface area contributed by atoms with Crippen LogP contribution in [0.2, 0.25) is 0 Å². The molecule has 0 radical (unpaired) electrons. The summed E-state index contributed by atoms with van der Waals surface area (Å²) in [6.45, 7) is 3.07. The van der Waals surface area contributed by atoms with Crippen molar-refractivity contribution in [3.63, 3.8) is 0 Å². The fraction of sp³-hybridized carbons (Fsp3) is 0.611. The molecule has 2 rings (SSSR count). The van der Waals surface area contributed by atoms with Crippen molar-refractivity contribution in [3.8, 4) is 11.5 Å². The highest BCUT2D eigenvalue weighted by molar-refractivity contribution is 5.85. The second kappa shape index (κ2) is 11.2. The number of carbonyl (C=O) groups excluding carboxylic acids is 1. The molecule has 1 fully saturated rings. The molecule has 1 aliphatic rings. The van der Waals surface area contributed by atoms with Crippen molar-refractivity contribution in [2.45, 2.75) is 45.1 Å². The second-order valence-electron chi connectivity index (χ2n) is 6.00. The monoisotopic (exact) mass is 356 g/mol. The quantitative estimate of drug-likeness (QED) is 0.751. The van der Waals surface area contributed by atoms with E-state index in [0.717, 1.165) is 18.6 Å². The van der Waals surface area contributed by atoms with Gasteiger partial charge in [0.2, 0.25) is 0 Å². The molecule has 0 aromatic heterocycles. The summed E-state index contributed by atoms with van der Waals surface area (Å²) < 4.78 is 10.9. The molecule has 6 heteroatoms. The lowest BCUT2D eigenvalue weighted by Gasteiger charge is -2.30. The third kappa shape index (κ3) is 6.57. The molecule has 0 saturated heterocycles. The van der Waals surface area contributed by atoms with E-state index >= 15 is 0 Å². The van der Waals surface area contributed by atoms with Crippen molar-refractivity contribution < 1.29 is 14.3 Å². The van der Waals surface area contributed by atoms with Gasteiger partial charge < -0.3 is 20.5 Å². The summed E-state index contributed by atoms with van der Waals surface area (Å²) in [7, 11) is 0. The van der Waals surface area contributed by atoms with Crippen LogP contribution in [0.15, 0.2) is 24.3 Å². The highest BCUT2D eigenvalue weighted by atomic mass is 35.5. The first-order chi connectivity index (χ1) is 11.2. The zero-order chi connectivity index (χ0) is 16.5. The Morgan fingerprint density at radius 1 is 1.17 bits per heavy atom. The minimum Gasteiger partial charge on any atom is -0.494 e. The molecule has 0 bridgehead atoms. The molecule has 3 N–H and O–H groups in total. The molecule has 0 spiro atoms. The van der Waals surface area contributed by atoms with E-state index in [1.165, 1.54) is 19.3 Å². The Morgan fingerprint density at radius 3 is 2.29 bits per heavy atom. The molecular formula is C18H29ClN2O3. The predicted octanol–water partition coefficient (Wildman–Crippen LogP) is 2.91. The Balaban J connectivity index is 0.00000288. The normalized spacial score (nSPS) is 15.9. The van der Waals surface area contributed by atoms with E-state index in [1.807, 2.05) is 19.1 Å². The Labute approximate surface area is 150 Å². The van der Waals surface area contributed by atoms with Gasteiger partial charge in [0, 0.05) is 12.6 Å². The summed E-state index contributed by atoms with van der Waals surface area (Å²) in [5.41, 5.74) is 5.83. The van der Waals surface area contributed by atoms with Crippen LogP contribution in [0.1, 0.15) is 39.0 Å². The number of amides is 1. The number of carbonyl (C=O) groups is 1. The number of hydrogen-bond donors (Lipinski definition) is 2. The number of hydrogen-bond acceptors (Lipinski definition) is 4. The number of ether oxygens (including phenoxy) is 2. The first kappa shape index (κ1) is 20.6. The zero-order valence-electron chi connectivity index (χ0n) is 14.3. The minimum absolute atomic E-state index is 0. The van der Waals surface area contributed by atoms with Crippen LogP contribution < -0.4 is 20.5 Å². The fourth-order valence-corrected chi connectivity index (χ4v) is 3.10. The van der Waals surface area contributed by atoms with Crippen LogP contribution in [0.3, 0.4) is 0 Å². The smallest absolute Gasteiger partial charge is 0.258 e. The molecule has 1 aromatic carbocycles. The Kier molecular flexibility index (Phi) is 9.57. The van der Waals surface area contributed by atoms with Gasteiger partial charge in [-0.15, -0.1) is 12.4 Å². The van der Waals surface area contributed by atoms with E-state index in [2.05, 4.69) is 5.32 Å². The maximum atomic E-state index is 12.1. The van der Waals surface area contributed by atoms with E-state index in [9.17, 15) is 4.79 Å². The van der Waals surface area contributed by atoms with Gasteiger partial charge in [0.25, 0.3) is 5.91 Å². The Hall–Kier alpha value is -1.46. The fourth-order valence-electron chi connectivity index (χ4n) is 3.10. The van der Waals surface area contributed by atoms with E-state index in [-0.39, 0.29) is 31.0 Å². The van der Waals surface area contributed by atoms with E-state index in [4.69, 9.17) is 15.2 Å². The molecular weight excluding hydrogens is 328 g/mol. The number of rotatable bonds is 8. The maximum absolute atomic E-state index is 12.1. The summed E-state index contributed by atoms with van der Waals surface area (Å²) in [4.78, 5) is 12.1. The topological polar surface area (TPSA) is 73.6 Å². The van der Waals surface area contributed by atoms with Crippen LogP contribution in [0, 0.1) is 5.92 Å². The van der Waals surface area contributed by atoms with Crippen molar-refractivity contribution in [3.05, 3.63) is 24.3 Å². The molecule has 1 amide bonds. The number of nitrogens with two attached hydrogens (primary N) is 1. The van der Waals surface area contributed by atoms with Gasteiger partial charge in [-0.05, 0) is 49.9 Å². The first-order valence-electron chi connectivity index (χ1n) is 8.58. The van der Waals surface area contributed by atoms with Crippen LogP contribution in [-0.4, -0.2) is 31.7 Å². The molecule has 1 unspecified atom stereocenters. The Bertz CT molecular complexity index is 476. The van der Waals surface area contributed by atoms with Crippen molar-refractivity contribution in [1.82, 2.24) is 5.32 Å². The van der Waals surface area contributed by atoms with Gasteiger partial charge in [-0.3, -0.25) is 4.79 Å². The van der Waals surface area contributed by atoms with Crippen LogP contribution in [-0.2, 0) is 4.79 Å². The van der Waals surface area contributed by atoms with Gasteiger partial charge in [0.05, 0.1) is 6.61 Å². The molecule has 24 heavy (non-hydrogen) atoms. The van der Waals surface area contributed by atoms with Gasteiger partial charge in [-0.2, -0.15) is 0 Å². The lowest BCUT2D eigenvalue weighted by atomic mass is 9.84. The van der Waals surface area contributed by atoms with Crippen molar-refractivity contribution in [2.24, 2.45) is 11.7 Å². The van der Waals surface area contributed by atoms with E-state index in [1.54, 1.807) is 12.1 Å². The summed E-state index contributed by atoms with van der Waals surface area (Å²) in [6.07, 6.45) is 6.08. The third-order valence-electron chi connectivity index (χ3n) is 4.32. The second-order valence-corrected chi connectivity index (χ2v) is 6.00. The van der Waals surface area contributed by atoms with Crippen LogP contribution in [0.4, 0.5) is 0 Å². The van der Waals surface area contributed by atoms with Crippen molar-refractivity contribution >= 4 is 18.3 Å². The molecule has 0 heterocycles. The summed E-state index contributed by atoms with van der Waals surface area (Å²) in [6, 6.07) is 7.34. The molecule has 1 saturated carbocycles. The highest BCUT2D eigenvalue weighted by Crippen LogP contribution is 2.26. The van der Waals surface area contributed by atoms with Gasteiger partial charge in [-0.1, -0.05) is 19.3 Å². The average Bonchev–Trinajstić information content (AvgIpc) is 2.60. The molecule has 0 aliphatic heterocycles. The zero-order valence-corrected chi connectivity index (χ0v) is 15.1. The largest absolute Gasteiger partial charge is 0.494 e. The number of nitrogens with one attached hydrogen (secondary N) is 1. The van der Waals surface area contributed by atoms with Crippen LogP contribution >= 0.6 is 12.4 Å². The number of benzene rings is 1. The summed E-state index contributed by atoms with van der Waals surface area (Å²) >= 11 is 0. The molecule has 1 aliphatic carbocycles. The lowest BCUT2D eigenvalue weighted by molar-refractivity contribution is -0.124. The molecule has 1 aromatic rings. The highest BCUT2D eigenvalue weighted by Gasteiger charge is 2.23. The summed E-state index contributed by atoms with van der Waals surface area (Å²) in [5.74, 6) is 1.85. The maximum Gasteiger partial charge on any atom is 0.258 e. The van der Waals surface area contributed by atoms with Gasteiger partial charge in [0.15, 0.2) is 6.61 Å². The minimum atomic E-state index is -0.111. The predicted molar refractivity (Wildman–Crippen MR) is 97.9 cm³/mol. The summed E-state index contributed by atoms with van der Waals surface area (Å²) in [5, 5.41) is 3.02. The van der Waals surface area contributed by atoms with E-state index < -0.39 is 0 Å². The Morgan fingerprint density at radius 2 is 1.75 bits per heavy atom. The number of halogens is 1. The van der Waals surface area contributed by atoms with E-state index in [0.29, 0.717) is 24.8 Å². The van der Waals surface area contributed by atoms with Gasteiger partial charge in [-0.25, -0.2) is 0 Å².